The Kier molecular flexibility index (Phi) is 6.68. The lowest BCUT2D eigenvalue weighted by molar-refractivity contribution is -0.118. The monoisotopic (exact) mass is 496 g/mol. The predicted octanol–water partition coefficient (Wildman–Crippen LogP) is 5.81. The number of anilines is 3. The van der Waals surface area contributed by atoms with Crippen molar-refractivity contribution in [1.29, 1.82) is 0 Å². The minimum atomic E-state index is -0.307. The molecule has 0 aliphatic heterocycles. The topological polar surface area (TPSA) is 102 Å². The Morgan fingerprint density at radius 3 is 2.75 bits per heavy atom. The van der Waals surface area contributed by atoms with Crippen LogP contribution in [0, 0.1) is 6.92 Å². The molecule has 2 N–H and O–H groups in total. The van der Waals surface area contributed by atoms with Crippen molar-refractivity contribution in [2.24, 2.45) is 0 Å². The molecule has 0 radical (unpaired) electrons. The van der Waals surface area contributed by atoms with Gasteiger partial charge in [0.2, 0.25) is 5.95 Å². The molecule has 0 aliphatic rings. The molecule has 36 heavy (non-hydrogen) atoms. The largest absolute Gasteiger partial charge is 0.481 e. The maximum absolute atomic E-state index is 12.6. The zero-order valence-corrected chi connectivity index (χ0v) is 20.0. The molecule has 0 saturated heterocycles. The first kappa shape index (κ1) is 23.2. The van der Waals surface area contributed by atoms with Crippen molar-refractivity contribution in [2.75, 3.05) is 17.2 Å². The summed E-state index contributed by atoms with van der Waals surface area (Å²) >= 11 is 6.23. The number of fused-ring (bicyclic) bond motifs is 1. The number of carbonyl (C=O) groups excluding carboxylic acids is 1. The third-order valence-corrected chi connectivity index (χ3v) is 5.75. The van der Waals surface area contributed by atoms with Crippen molar-refractivity contribution in [1.82, 2.24) is 19.9 Å². The quantitative estimate of drug-likeness (QED) is 0.293. The predicted molar refractivity (Wildman–Crippen MR) is 141 cm³/mol. The molecule has 3 aromatic heterocycles. The number of nitrogens with one attached hydrogen (secondary N) is 2. The number of rotatable bonds is 7. The Bertz CT molecular complexity index is 1540. The van der Waals surface area contributed by atoms with Gasteiger partial charge in [0, 0.05) is 47.1 Å². The van der Waals surface area contributed by atoms with Gasteiger partial charge in [-0.15, -0.1) is 0 Å². The summed E-state index contributed by atoms with van der Waals surface area (Å²) in [5.74, 6) is 0.620. The highest BCUT2D eigenvalue weighted by Crippen LogP contribution is 2.30. The lowest BCUT2D eigenvalue weighted by atomic mass is 10.1. The van der Waals surface area contributed by atoms with Gasteiger partial charge in [-0.1, -0.05) is 17.7 Å². The summed E-state index contributed by atoms with van der Waals surface area (Å²) in [7, 11) is 0. The van der Waals surface area contributed by atoms with Crippen LogP contribution in [-0.2, 0) is 4.79 Å². The summed E-state index contributed by atoms with van der Waals surface area (Å²) in [5.41, 5.74) is 4.60. The fraction of sp³-hybridized carbons (Fsp3) is 0.0741. The number of ether oxygens (including phenoxy) is 1. The average Bonchev–Trinajstić information content (AvgIpc) is 2.91. The average molecular weight is 497 g/mol. The summed E-state index contributed by atoms with van der Waals surface area (Å²) in [6.45, 7) is 1.78. The van der Waals surface area contributed by atoms with E-state index in [9.17, 15) is 4.79 Å². The molecule has 9 heteroatoms. The first-order chi connectivity index (χ1) is 17.6. The summed E-state index contributed by atoms with van der Waals surface area (Å²) < 4.78 is 5.74. The zero-order valence-electron chi connectivity index (χ0n) is 19.3. The maximum Gasteiger partial charge on any atom is 0.262 e. The number of pyridine rings is 2. The summed E-state index contributed by atoms with van der Waals surface area (Å²) in [6, 6.07) is 18.3. The Morgan fingerprint density at radius 2 is 1.89 bits per heavy atom. The van der Waals surface area contributed by atoms with Gasteiger partial charge in [-0.05, 0) is 67.1 Å². The summed E-state index contributed by atoms with van der Waals surface area (Å²) in [5, 5.41) is 7.43. The van der Waals surface area contributed by atoms with Crippen LogP contribution in [0.3, 0.4) is 0 Å². The van der Waals surface area contributed by atoms with E-state index in [0.717, 1.165) is 27.9 Å². The van der Waals surface area contributed by atoms with Gasteiger partial charge < -0.3 is 15.4 Å². The second kappa shape index (κ2) is 10.4. The van der Waals surface area contributed by atoms with Crippen LogP contribution in [-0.4, -0.2) is 32.4 Å². The summed E-state index contributed by atoms with van der Waals surface area (Å²) in [6.07, 6.45) is 6.80. The Hall–Kier alpha value is -4.56. The molecule has 0 saturated carbocycles. The molecule has 8 nitrogen and oxygen atoms in total. The molecule has 3 heterocycles. The molecule has 1 amide bonds. The van der Waals surface area contributed by atoms with Crippen LogP contribution in [0.4, 0.5) is 17.3 Å². The number of hydrogen-bond donors (Lipinski definition) is 2. The highest BCUT2D eigenvalue weighted by molar-refractivity contribution is 6.35. The van der Waals surface area contributed by atoms with Crippen molar-refractivity contribution < 1.29 is 9.53 Å². The molecule has 0 aliphatic carbocycles. The van der Waals surface area contributed by atoms with E-state index in [2.05, 4.69) is 30.6 Å². The lowest BCUT2D eigenvalue weighted by Crippen LogP contribution is -2.20. The molecular formula is C27H21ClN6O2. The van der Waals surface area contributed by atoms with E-state index in [1.54, 1.807) is 43.0 Å². The number of amides is 1. The van der Waals surface area contributed by atoms with Gasteiger partial charge in [-0.3, -0.25) is 14.8 Å². The van der Waals surface area contributed by atoms with Gasteiger partial charge in [0.25, 0.3) is 5.91 Å². The molecule has 0 atom stereocenters. The SMILES string of the molecule is Cc1ccc(NC(=O)COc2ccc(Cl)c3cccnc23)cc1Nc1nccc(-c2cccnc2)n1. The second-order valence-electron chi connectivity index (χ2n) is 7.94. The molecule has 0 bridgehead atoms. The number of hydrogen-bond acceptors (Lipinski definition) is 7. The first-order valence-corrected chi connectivity index (χ1v) is 11.5. The molecule has 0 spiro atoms. The van der Waals surface area contributed by atoms with E-state index in [0.29, 0.717) is 27.9 Å². The number of halogens is 1. The number of carbonyl (C=O) groups is 1. The second-order valence-corrected chi connectivity index (χ2v) is 8.35. The van der Waals surface area contributed by atoms with E-state index in [4.69, 9.17) is 16.3 Å². The van der Waals surface area contributed by atoms with Gasteiger partial charge in [-0.25, -0.2) is 9.97 Å². The van der Waals surface area contributed by atoms with E-state index < -0.39 is 0 Å². The number of aromatic nitrogens is 4. The van der Waals surface area contributed by atoms with Gasteiger partial charge in [-0.2, -0.15) is 0 Å². The third kappa shape index (κ3) is 5.24. The lowest BCUT2D eigenvalue weighted by Gasteiger charge is -2.13. The highest BCUT2D eigenvalue weighted by Gasteiger charge is 2.11. The zero-order chi connectivity index (χ0) is 24.9. The highest BCUT2D eigenvalue weighted by atomic mass is 35.5. The van der Waals surface area contributed by atoms with Gasteiger partial charge in [0.15, 0.2) is 6.61 Å². The normalized spacial score (nSPS) is 10.7. The van der Waals surface area contributed by atoms with E-state index in [-0.39, 0.29) is 12.5 Å². The molecule has 5 aromatic rings. The number of nitrogens with zero attached hydrogens (tertiary/aromatic N) is 4. The van der Waals surface area contributed by atoms with Crippen molar-refractivity contribution >= 4 is 45.7 Å². The van der Waals surface area contributed by atoms with Crippen molar-refractivity contribution in [3.63, 3.8) is 0 Å². The van der Waals surface area contributed by atoms with Crippen LogP contribution in [0.2, 0.25) is 5.02 Å². The van der Waals surface area contributed by atoms with Crippen LogP contribution in [0.1, 0.15) is 5.56 Å². The van der Waals surface area contributed by atoms with Crippen LogP contribution < -0.4 is 15.4 Å². The Labute approximate surface area is 212 Å². The minimum Gasteiger partial charge on any atom is -0.481 e. The van der Waals surface area contributed by atoms with Crippen molar-refractivity contribution in [3.05, 3.63) is 96.0 Å². The van der Waals surface area contributed by atoms with Crippen LogP contribution >= 0.6 is 11.6 Å². The fourth-order valence-electron chi connectivity index (χ4n) is 3.62. The van der Waals surface area contributed by atoms with Crippen molar-refractivity contribution in [3.8, 4) is 17.0 Å². The fourth-order valence-corrected chi connectivity index (χ4v) is 3.83. The molecule has 0 fully saturated rings. The summed E-state index contributed by atoms with van der Waals surface area (Å²) in [4.78, 5) is 30.0. The van der Waals surface area contributed by atoms with Gasteiger partial charge in [0.05, 0.1) is 10.7 Å². The first-order valence-electron chi connectivity index (χ1n) is 11.1. The van der Waals surface area contributed by atoms with E-state index in [1.807, 2.05) is 49.4 Å². The van der Waals surface area contributed by atoms with E-state index in [1.165, 1.54) is 0 Å². The van der Waals surface area contributed by atoms with Crippen LogP contribution in [0.5, 0.6) is 5.75 Å². The molecular weight excluding hydrogens is 476 g/mol. The standard InChI is InChI=1S/C27H21ClN6O2/c1-17-6-7-19(14-23(17)34-27-31-13-10-22(33-27)18-4-2-11-29-15-18)32-25(35)16-36-24-9-8-21(28)20-5-3-12-30-26(20)24/h2-15H,16H2,1H3,(H,32,35)(H,31,33,34). The van der Waals surface area contributed by atoms with Crippen molar-refractivity contribution in [2.45, 2.75) is 6.92 Å². The molecule has 2 aromatic carbocycles. The minimum absolute atomic E-state index is 0.180. The van der Waals surface area contributed by atoms with Crippen LogP contribution in [0.25, 0.3) is 22.2 Å². The Balaban J connectivity index is 1.27. The van der Waals surface area contributed by atoms with Gasteiger partial charge >= 0.3 is 0 Å². The Morgan fingerprint density at radius 1 is 1.00 bits per heavy atom. The maximum atomic E-state index is 12.6. The third-order valence-electron chi connectivity index (χ3n) is 5.42. The molecule has 178 valence electrons. The molecule has 0 unspecified atom stereocenters. The number of aryl methyl sites for hydroxylation is 1. The number of benzene rings is 2. The molecule has 5 rings (SSSR count). The van der Waals surface area contributed by atoms with Gasteiger partial charge in [0.1, 0.15) is 11.3 Å². The smallest absolute Gasteiger partial charge is 0.262 e. The van der Waals surface area contributed by atoms with E-state index >= 15 is 0 Å². The van der Waals surface area contributed by atoms with Crippen LogP contribution in [0.15, 0.2) is 85.5 Å².